The van der Waals surface area contributed by atoms with E-state index in [0.717, 1.165) is 18.4 Å². The fourth-order valence-electron chi connectivity index (χ4n) is 3.52. The van der Waals surface area contributed by atoms with Gasteiger partial charge in [-0.05, 0) is 56.3 Å². The smallest absolute Gasteiger partial charge is 0.338 e. The number of amides is 3. The largest absolute Gasteiger partial charge is 0.459 e. The summed E-state index contributed by atoms with van der Waals surface area (Å²) in [6.45, 7) is 7.96. The van der Waals surface area contributed by atoms with E-state index in [0.29, 0.717) is 28.4 Å². The zero-order chi connectivity index (χ0) is 23.3. The molecule has 0 saturated carbocycles. The Labute approximate surface area is 192 Å². The number of hydrogen-bond donors (Lipinski definition) is 2. The third kappa shape index (κ3) is 5.37. The molecular weight excluding hydrogens is 426 g/mol. The van der Waals surface area contributed by atoms with Crippen LogP contribution in [0.15, 0.2) is 53.0 Å². The molecule has 2 aromatic rings. The Morgan fingerprint density at radius 1 is 1.22 bits per heavy atom. The average molecular weight is 456 g/mol. The monoisotopic (exact) mass is 455 g/mol. The van der Waals surface area contributed by atoms with E-state index in [1.165, 1.54) is 11.3 Å². The number of nitrogens with one attached hydrogen (secondary N) is 2. The first-order valence-electron chi connectivity index (χ1n) is 10.8. The number of anilines is 1. The molecule has 0 bridgehead atoms. The molecule has 0 aliphatic carbocycles. The van der Waals surface area contributed by atoms with E-state index in [1.54, 1.807) is 56.0 Å². The first-order chi connectivity index (χ1) is 15.3. The SMILES string of the molecule is CCCCN1C(=O)N[C@H](c2ccc(NC(=O)c3cccs3)cc2)C(C(=O)OC(C)C)=C1C. The Balaban J connectivity index is 1.88. The lowest BCUT2D eigenvalue weighted by atomic mass is 9.94. The molecule has 32 heavy (non-hydrogen) atoms. The number of unbranched alkanes of at least 4 members (excludes halogenated alkanes) is 1. The van der Waals surface area contributed by atoms with E-state index in [9.17, 15) is 14.4 Å². The minimum Gasteiger partial charge on any atom is -0.459 e. The van der Waals surface area contributed by atoms with Crippen LogP contribution in [0, 0.1) is 0 Å². The van der Waals surface area contributed by atoms with E-state index >= 15 is 0 Å². The molecule has 170 valence electrons. The number of esters is 1. The van der Waals surface area contributed by atoms with E-state index in [2.05, 4.69) is 17.6 Å². The fraction of sp³-hybridized carbons (Fsp3) is 0.375. The second kappa shape index (κ2) is 10.5. The van der Waals surface area contributed by atoms with Crippen molar-refractivity contribution < 1.29 is 19.1 Å². The van der Waals surface area contributed by atoms with Gasteiger partial charge in [0.05, 0.1) is 22.6 Å². The summed E-state index contributed by atoms with van der Waals surface area (Å²) >= 11 is 1.37. The molecule has 7 nitrogen and oxygen atoms in total. The number of rotatable bonds is 8. The van der Waals surface area contributed by atoms with Gasteiger partial charge in [0, 0.05) is 17.9 Å². The molecule has 0 spiro atoms. The van der Waals surface area contributed by atoms with Crippen molar-refractivity contribution in [2.24, 2.45) is 0 Å². The van der Waals surface area contributed by atoms with E-state index in [4.69, 9.17) is 4.74 Å². The average Bonchev–Trinajstić information content (AvgIpc) is 3.28. The van der Waals surface area contributed by atoms with Crippen LogP contribution in [0.3, 0.4) is 0 Å². The first-order valence-corrected chi connectivity index (χ1v) is 11.6. The van der Waals surface area contributed by atoms with E-state index < -0.39 is 12.0 Å². The predicted octanol–water partition coefficient (Wildman–Crippen LogP) is 5.09. The summed E-state index contributed by atoms with van der Waals surface area (Å²) in [5, 5.41) is 7.65. The number of hydrogen-bond acceptors (Lipinski definition) is 5. The number of thiophene rings is 1. The van der Waals surface area contributed by atoms with Gasteiger partial charge >= 0.3 is 12.0 Å². The van der Waals surface area contributed by atoms with Crippen LogP contribution < -0.4 is 10.6 Å². The number of carbonyl (C=O) groups excluding carboxylic acids is 3. The lowest BCUT2D eigenvalue weighted by molar-refractivity contribution is -0.143. The van der Waals surface area contributed by atoms with Crippen molar-refractivity contribution in [1.82, 2.24) is 10.2 Å². The number of ether oxygens (including phenoxy) is 1. The van der Waals surface area contributed by atoms with Gasteiger partial charge in [0.15, 0.2) is 0 Å². The minimum atomic E-state index is -0.631. The number of urea groups is 1. The van der Waals surface area contributed by atoms with Crippen molar-refractivity contribution >= 4 is 34.9 Å². The maximum atomic E-state index is 13.0. The highest BCUT2D eigenvalue weighted by molar-refractivity contribution is 7.12. The Bertz CT molecular complexity index is 997. The molecule has 8 heteroatoms. The molecule has 1 aliphatic rings. The second-order valence-corrected chi connectivity index (χ2v) is 8.84. The highest BCUT2D eigenvalue weighted by Crippen LogP contribution is 2.32. The Morgan fingerprint density at radius 3 is 2.53 bits per heavy atom. The fourth-order valence-corrected chi connectivity index (χ4v) is 4.14. The summed E-state index contributed by atoms with van der Waals surface area (Å²) in [4.78, 5) is 40.3. The van der Waals surface area contributed by atoms with Crippen LogP contribution in [0.25, 0.3) is 0 Å². The van der Waals surface area contributed by atoms with Gasteiger partial charge in [0.25, 0.3) is 5.91 Å². The van der Waals surface area contributed by atoms with Crippen molar-refractivity contribution in [3.05, 3.63) is 63.5 Å². The Hall–Kier alpha value is -3.13. The maximum absolute atomic E-state index is 13.0. The summed E-state index contributed by atoms with van der Waals surface area (Å²) in [5.41, 5.74) is 2.39. The van der Waals surface area contributed by atoms with Crippen LogP contribution >= 0.6 is 11.3 Å². The summed E-state index contributed by atoms with van der Waals surface area (Å²) < 4.78 is 5.49. The molecule has 0 saturated heterocycles. The number of allylic oxidation sites excluding steroid dienone is 1. The van der Waals surface area contributed by atoms with Crippen LogP contribution in [0.5, 0.6) is 0 Å². The lowest BCUT2D eigenvalue weighted by Crippen LogP contribution is -2.48. The Morgan fingerprint density at radius 2 is 1.94 bits per heavy atom. The highest BCUT2D eigenvalue weighted by atomic mass is 32.1. The molecular formula is C24H29N3O4S. The highest BCUT2D eigenvalue weighted by Gasteiger charge is 2.36. The van der Waals surface area contributed by atoms with E-state index in [-0.39, 0.29) is 18.0 Å². The molecule has 3 amide bonds. The first kappa shape index (κ1) is 23.5. The molecule has 2 N–H and O–H groups in total. The standard InChI is InChI=1S/C24H29N3O4S/c1-5-6-13-27-16(4)20(23(29)31-15(2)3)21(26-24(27)30)17-9-11-18(12-10-17)25-22(28)19-8-7-14-32-19/h7-12,14-15,21H,5-6,13H2,1-4H3,(H,25,28)(H,26,30)/t21-/m1/s1. The van der Waals surface area contributed by atoms with Gasteiger partial charge in [-0.2, -0.15) is 0 Å². The van der Waals surface area contributed by atoms with Crippen molar-refractivity contribution in [2.75, 3.05) is 11.9 Å². The summed E-state index contributed by atoms with van der Waals surface area (Å²) in [7, 11) is 0. The van der Waals surface area contributed by atoms with Crippen molar-refractivity contribution in [1.29, 1.82) is 0 Å². The number of nitrogens with zero attached hydrogens (tertiary/aromatic N) is 1. The molecule has 0 radical (unpaired) electrons. The second-order valence-electron chi connectivity index (χ2n) is 7.89. The van der Waals surface area contributed by atoms with Crippen LogP contribution in [0.2, 0.25) is 0 Å². The van der Waals surface area contributed by atoms with Gasteiger partial charge in [-0.15, -0.1) is 11.3 Å². The van der Waals surface area contributed by atoms with Crippen LogP contribution in [-0.4, -0.2) is 35.5 Å². The third-order valence-corrected chi connectivity index (χ3v) is 6.01. The van der Waals surface area contributed by atoms with Crippen LogP contribution in [0.4, 0.5) is 10.5 Å². The van der Waals surface area contributed by atoms with Gasteiger partial charge in [-0.1, -0.05) is 31.5 Å². The summed E-state index contributed by atoms with van der Waals surface area (Å²) in [6, 6.07) is 9.83. The molecule has 1 aromatic carbocycles. The minimum absolute atomic E-state index is 0.178. The maximum Gasteiger partial charge on any atom is 0.338 e. The normalized spacial score (nSPS) is 16.2. The molecule has 0 fully saturated rings. The van der Waals surface area contributed by atoms with Gasteiger partial charge in [0.1, 0.15) is 0 Å². The topological polar surface area (TPSA) is 87.7 Å². The third-order valence-electron chi connectivity index (χ3n) is 5.14. The van der Waals surface area contributed by atoms with Gasteiger partial charge < -0.3 is 15.4 Å². The summed E-state index contributed by atoms with van der Waals surface area (Å²) in [5.74, 6) is -0.624. The van der Waals surface area contributed by atoms with Crippen LogP contribution in [0.1, 0.15) is 61.8 Å². The van der Waals surface area contributed by atoms with Crippen molar-refractivity contribution in [3.8, 4) is 0 Å². The molecule has 3 rings (SSSR count). The number of carbonyl (C=O) groups is 3. The van der Waals surface area contributed by atoms with Crippen molar-refractivity contribution in [3.63, 3.8) is 0 Å². The molecule has 1 aliphatic heterocycles. The van der Waals surface area contributed by atoms with Crippen LogP contribution in [-0.2, 0) is 9.53 Å². The van der Waals surface area contributed by atoms with E-state index in [1.807, 2.05) is 11.4 Å². The predicted molar refractivity (Wildman–Crippen MR) is 126 cm³/mol. The summed E-state index contributed by atoms with van der Waals surface area (Å²) in [6.07, 6.45) is 1.49. The molecule has 1 aromatic heterocycles. The quantitative estimate of drug-likeness (QED) is 0.543. The zero-order valence-corrected chi connectivity index (χ0v) is 19.6. The van der Waals surface area contributed by atoms with Gasteiger partial charge in [-0.25, -0.2) is 9.59 Å². The van der Waals surface area contributed by atoms with Gasteiger partial charge in [0.2, 0.25) is 0 Å². The molecule has 2 heterocycles. The number of benzene rings is 1. The molecule has 1 atom stereocenters. The molecule has 0 unspecified atom stereocenters. The van der Waals surface area contributed by atoms with Crippen molar-refractivity contribution in [2.45, 2.75) is 52.7 Å². The Kier molecular flexibility index (Phi) is 7.69. The zero-order valence-electron chi connectivity index (χ0n) is 18.8. The van der Waals surface area contributed by atoms with Gasteiger partial charge in [-0.3, -0.25) is 9.69 Å². The lowest BCUT2D eigenvalue weighted by Gasteiger charge is -2.35.